The first-order valence-corrected chi connectivity index (χ1v) is 7.50. The number of aryl methyl sites for hydroxylation is 1. The molecule has 0 fully saturated rings. The summed E-state index contributed by atoms with van der Waals surface area (Å²) in [5.41, 5.74) is 1.27. The number of rotatable bonds is 9. The van der Waals surface area contributed by atoms with Crippen molar-refractivity contribution in [3.05, 3.63) is 29.8 Å². The fourth-order valence-electron chi connectivity index (χ4n) is 2.10. The van der Waals surface area contributed by atoms with Crippen molar-refractivity contribution in [1.29, 1.82) is 0 Å². The van der Waals surface area contributed by atoms with E-state index in [-0.39, 0.29) is 5.97 Å². The minimum atomic E-state index is -0.281. The number of esters is 1. The molecule has 1 aromatic carbocycles. The molecule has 0 heterocycles. The molecule has 0 aromatic heterocycles. The second-order valence-corrected chi connectivity index (χ2v) is 5.16. The summed E-state index contributed by atoms with van der Waals surface area (Å²) in [5, 5.41) is 0. The smallest absolute Gasteiger partial charge is 0.308 e. The zero-order chi connectivity index (χ0) is 14.8. The van der Waals surface area contributed by atoms with Gasteiger partial charge in [-0.3, -0.25) is 4.79 Å². The number of hydrogen-bond donors (Lipinski definition) is 0. The Hall–Kier alpha value is -1.35. The highest BCUT2D eigenvalue weighted by molar-refractivity contribution is 5.69. The molecule has 0 spiro atoms. The van der Waals surface area contributed by atoms with Crippen LogP contribution in [0.5, 0.6) is 5.75 Å². The third-order valence-electron chi connectivity index (χ3n) is 3.14. The van der Waals surface area contributed by atoms with Gasteiger partial charge in [-0.2, -0.15) is 0 Å². The van der Waals surface area contributed by atoms with E-state index in [0.717, 1.165) is 32.3 Å². The molecule has 3 heteroatoms. The van der Waals surface area contributed by atoms with Gasteiger partial charge in [0.25, 0.3) is 0 Å². The number of unbranched alkanes of at least 4 members (excludes halogenated alkanes) is 1. The van der Waals surface area contributed by atoms with E-state index in [1.165, 1.54) is 18.9 Å². The van der Waals surface area contributed by atoms with Gasteiger partial charge < -0.3 is 9.47 Å². The van der Waals surface area contributed by atoms with Crippen molar-refractivity contribution in [3.8, 4) is 5.75 Å². The van der Waals surface area contributed by atoms with Crippen molar-refractivity contribution in [2.24, 2.45) is 0 Å². The van der Waals surface area contributed by atoms with Gasteiger partial charge in [-0.15, -0.1) is 0 Å². The fraction of sp³-hybridized carbons (Fsp3) is 0.588. The van der Waals surface area contributed by atoms with E-state index in [1.807, 2.05) is 24.3 Å². The lowest BCUT2D eigenvalue weighted by Crippen LogP contribution is -2.08. The van der Waals surface area contributed by atoms with Crippen molar-refractivity contribution in [2.45, 2.75) is 59.0 Å². The zero-order valence-electron chi connectivity index (χ0n) is 12.9. The van der Waals surface area contributed by atoms with Gasteiger partial charge in [0.2, 0.25) is 0 Å². The summed E-state index contributed by atoms with van der Waals surface area (Å²) in [4.78, 5) is 10.8. The van der Waals surface area contributed by atoms with Crippen LogP contribution in [0.25, 0.3) is 0 Å². The second kappa shape index (κ2) is 9.54. The normalized spacial score (nSPS) is 12.2. The average molecular weight is 278 g/mol. The molecule has 0 amide bonds. The van der Waals surface area contributed by atoms with E-state index in [9.17, 15) is 4.79 Å². The molecule has 0 N–H and O–H groups in total. The molecule has 20 heavy (non-hydrogen) atoms. The minimum Gasteiger partial charge on any atom is -0.427 e. The van der Waals surface area contributed by atoms with Crippen molar-refractivity contribution in [3.63, 3.8) is 0 Å². The van der Waals surface area contributed by atoms with Crippen molar-refractivity contribution < 1.29 is 14.3 Å². The Morgan fingerprint density at radius 1 is 1.20 bits per heavy atom. The van der Waals surface area contributed by atoms with E-state index >= 15 is 0 Å². The number of benzene rings is 1. The summed E-state index contributed by atoms with van der Waals surface area (Å²) in [7, 11) is 0. The number of carbonyl (C=O) groups is 1. The summed E-state index contributed by atoms with van der Waals surface area (Å²) in [6, 6.07) is 7.71. The predicted octanol–water partition coefficient (Wildman–Crippen LogP) is 4.14. The molecule has 0 aliphatic carbocycles. The molecular weight excluding hydrogens is 252 g/mol. The maximum atomic E-state index is 10.8. The van der Waals surface area contributed by atoms with Crippen LogP contribution in [-0.4, -0.2) is 18.7 Å². The molecular formula is C17H26O3. The summed E-state index contributed by atoms with van der Waals surface area (Å²) in [6.07, 6.45) is 5.92. The summed E-state index contributed by atoms with van der Waals surface area (Å²) in [6.45, 7) is 6.57. The van der Waals surface area contributed by atoms with Crippen LogP contribution in [0.2, 0.25) is 0 Å². The van der Waals surface area contributed by atoms with Gasteiger partial charge in [-0.25, -0.2) is 0 Å². The predicted molar refractivity (Wildman–Crippen MR) is 81.0 cm³/mol. The van der Waals surface area contributed by atoms with E-state index in [4.69, 9.17) is 9.47 Å². The molecule has 1 atom stereocenters. The Kier molecular flexibility index (Phi) is 7.97. The fourth-order valence-corrected chi connectivity index (χ4v) is 2.10. The highest BCUT2D eigenvalue weighted by atomic mass is 16.5. The van der Waals surface area contributed by atoms with Crippen LogP contribution in [0.3, 0.4) is 0 Å². The van der Waals surface area contributed by atoms with Gasteiger partial charge in [0.05, 0.1) is 6.10 Å². The minimum absolute atomic E-state index is 0.281. The molecule has 0 aliphatic rings. The van der Waals surface area contributed by atoms with E-state index in [0.29, 0.717) is 11.9 Å². The lowest BCUT2D eigenvalue weighted by atomic mass is 10.1. The van der Waals surface area contributed by atoms with E-state index in [2.05, 4.69) is 13.8 Å². The van der Waals surface area contributed by atoms with Gasteiger partial charge in [0, 0.05) is 13.5 Å². The monoisotopic (exact) mass is 278 g/mol. The van der Waals surface area contributed by atoms with Gasteiger partial charge in [0.1, 0.15) is 5.75 Å². The number of hydrogen-bond acceptors (Lipinski definition) is 3. The molecule has 0 saturated heterocycles. The Bertz CT molecular complexity index is 384. The third-order valence-corrected chi connectivity index (χ3v) is 3.14. The maximum Gasteiger partial charge on any atom is 0.308 e. The van der Waals surface area contributed by atoms with Gasteiger partial charge in [-0.05, 0) is 50.3 Å². The highest BCUT2D eigenvalue weighted by Crippen LogP contribution is 2.14. The first-order valence-electron chi connectivity index (χ1n) is 7.50. The summed E-state index contributed by atoms with van der Waals surface area (Å²) in [5.74, 6) is 0.328. The van der Waals surface area contributed by atoms with Crippen molar-refractivity contribution >= 4 is 5.97 Å². The Morgan fingerprint density at radius 3 is 2.50 bits per heavy atom. The first kappa shape index (κ1) is 16.7. The molecule has 1 unspecified atom stereocenters. The van der Waals surface area contributed by atoms with E-state index in [1.54, 1.807) is 0 Å². The van der Waals surface area contributed by atoms with Crippen LogP contribution in [0.4, 0.5) is 0 Å². The molecule has 0 radical (unpaired) electrons. The van der Waals surface area contributed by atoms with Crippen molar-refractivity contribution in [1.82, 2.24) is 0 Å². The SMILES string of the molecule is CCCC(C)OCCCCc1ccc(OC(C)=O)cc1. The zero-order valence-corrected chi connectivity index (χ0v) is 12.9. The first-order chi connectivity index (χ1) is 9.61. The Labute approximate surface area is 122 Å². The van der Waals surface area contributed by atoms with Crippen LogP contribution in [0, 0.1) is 0 Å². The molecule has 1 rings (SSSR count). The van der Waals surface area contributed by atoms with Crippen LogP contribution in [0.15, 0.2) is 24.3 Å². The Balaban J connectivity index is 2.17. The van der Waals surface area contributed by atoms with Crippen LogP contribution in [-0.2, 0) is 16.0 Å². The van der Waals surface area contributed by atoms with Crippen LogP contribution in [0.1, 0.15) is 52.0 Å². The molecule has 0 saturated carbocycles. The number of ether oxygens (including phenoxy) is 2. The molecule has 0 aliphatic heterocycles. The number of carbonyl (C=O) groups excluding carboxylic acids is 1. The van der Waals surface area contributed by atoms with E-state index < -0.39 is 0 Å². The lowest BCUT2D eigenvalue weighted by Gasteiger charge is -2.11. The quantitative estimate of drug-likeness (QED) is 0.387. The standard InChI is InChI=1S/C17H26O3/c1-4-7-14(2)19-13-6-5-8-16-9-11-17(12-10-16)20-15(3)18/h9-12,14H,4-8,13H2,1-3H3. The average Bonchev–Trinajstić information content (AvgIpc) is 2.40. The Morgan fingerprint density at radius 2 is 1.90 bits per heavy atom. The maximum absolute atomic E-state index is 10.8. The second-order valence-electron chi connectivity index (χ2n) is 5.16. The van der Waals surface area contributed by atoms with Gasteiger partial charge in [-0.1, -0.05) is 25.5 Å². The summed E-state index contributed by atoms with van der Waals surface area (Å²) < 4.78 is 10.7. The molecule has 3 nitrogen and oxygen atoms in total. The van der Waals surface area contributed by atoms with Crippen LogP contribution < -0.4 is 4.74 Å². The molecule has 112 valence electrons. The lowest BCUT2D eigenvalue weighted by molar-refractivity contribution is -0.131. The largest absolute Gasteiger partial charge is 0.427 e. The van der Waals surface area contributed by atoms with Gasteiger partial charge in [0.15, 0.2) is 0 Å². The van der Waals surface area contributed by atoms with Crippen molar-refractivity contribution in [2.75, 3.05) is 6.61 Å². The highest BCUT2D eigenvalue weighted by Gasteiger charge is 2.01. The topological polar surface area (TPSA) is 35.5 Å². The third kappa shape index (κ3) is 7.29. The molecule has 0 bridgehead atoms. The summed E-state index contributed by atoms with van der Waals surface area (Å²) >= 11 is 0. The van der Waals surface area contributed by atoms with Crippen LogP contribution >= 0.6 is 0 Å². The van der Waals surface area contributed by atoms with Gasteiger partial charge >= 0.3 is 5.97 Å². The molecule has 1 aromatic rings.